The van der Waals surface area contributed by atoms with Crippen molar-refractivity contribution in [3.8, 4) is 0 Å². The van der Waals surface area contributed by atoms with E-state index in [-0.39, 0.29) is 35.5 Å². The highest BCUT2D eigenvalue weighted by atomic mass is 32.2. The van der Waals surface area contributed by atoms with Crippen molar-refractivity contribution in [3.63, 3.8) is 0 Å². The van der Waals surface area contributed by atoms with Crippen LogP contribution in [-0.2, 0) is 9.47 Å². The lowest BCUT2D eigenvalue weighted by atomic mass is 10.1. The number of rotatable bonds is 8. The highest BCUT2D eigenvalue weighted by Gasteiger charge is 2.21. The van der Waals surface area contributed by atoms with Gasteiger partial charge in [-0.3, -0.25) is 0 Å². The molecule has 0 radical (unpaired) electrons. The maximum absolute atomic E-state index is 12.1. The molecule has 8 nitrogen and oxygen atoms in total. The molecule has 152 valence electrons. The fourth-order valence-corrected chi connectivity index (χ4v) is 3.34. The summed E-state index contributed by atoms with van der Waals surface area (Å²) in [7, 11) is 0. The van der Waals surface area contributed by atoms with Crippen LogP contribution in [0.3, 0.4) is 0 Å². The van der Waals surface area contributed by atoms with Crippen LogP contribution < -0.4 is 0 Å². The first-order valence-corrected chi connectivity index (χ1v) is 9.36. The molecule has 0 aromatic heterocycles. The van der Waals surface area contributed by atoms with Crippen LogP contribution >= 0.6 is 11.8 Å². The molecule has 0 bridgehead atoms. The third-order valence-electron chi connectivity index (χ3n) is 3.67. The molecule has 0 saturated carbocycles. The van der Waals surface area contributed by atoms with Gasteiger partial charge in [-0.2, -0.15) is 0 Å². The van der Waals surface area contributed by atoms with Gasteiger partial charge in [0.1, 0.15) is 0 Å². The summed E-state index contributed by atoms with van der Waals surface area (Å²) in [6.07, 6.45) is 0. The second kappa shape index (κ2) is 9.74. The number of aromatic carboxylic acids is 2. The number of ether oxygens (including phenoxy) is 2. The van der Waals surface area contributed by atoms with Crippen LogP contribution in [0.15, 0.2) is 46.2 Å². The predicted molar refractivity (Wildman–Crippen MR) is 103 cm³/mol. The molecule has 0 heterocycles. The van der Waals surface area contributed by atoms with Gasteiger partial charge in [-0.25, -0.2) is 19.2 Å². The van der Waals surface area contributed by atoms with Crippen molar-refractivity contribution in [1.82, 2.24) is 0 Å². The smallest absolute Gasteiger partial charge is 0.339 e. The average molecular weight is 418 g/mol. The maximum atomic E-state index is 12.1. The van der Waals surface area contributed by atoms with E-state index >= 15 is 0 Å². The minimum absolute atomic E-state index is 0.0921. The molecular formula is C20H18O8S. The summed E-state index contributed by atoms with van der Waals surface area (Å²) >= 11 is 1.13. The summed E-state index contributed by atoms with van der Waals surface area (Å²) < 4.78 is 9.81. The highest BCUT2D eigenvalue weighted by Crippen LogP contribution is 2.31. The molecule has 9 heteroatoms. The van der Waals surface area contributed by atoms with E-state index in [1.165, 1.54) is 36.4 Å². The largest absolute Gasteiger partial charge is 0.478 e. The van der Waals surface area contributed by atoms with Gasteiger partial charge >= 0.3 is 23.9 Å². The molecule has 0 saturated heterocycles. The monoisotopic (exact) mass is 418 g/mol. The van der Waals surface area contributed by atoms with E-state index in [0.717, 1.165) is 11.8 Å². The number of carbonyl (C=O) groups excluding carboxylic acids is 2. The van der Waals surface area contributed by atoms with Crippen LogP contribution in [0, 0.1) is 0 Å². The molecule has 2 N–H and O–H groups in total. The number of hydrogen-bond donors (Lipinski definition) is 2. The zero-order valence-corrected chi connectivity index (χ0v) is 16.4. The summed E-state index contributed by atoms with van der Waals surface area (Å²) in [5, 5.41) is 18.5. The summed E-state index contributed by atoms with van der Waals surface area (Å²) in [6, 6.07) is 8.34. The van der Waals surface area contributed by atoms with Crippen LogP contribution in [0.25, 0.3) is 0 Å². The quantitative estimate of drug-likeness (QED) is 0.618. The number of benzene rings is 2. The molecular weight excluding hydrogens is 400 g/mol. The summed E-state index contributed by atoms with van der Waals surface area (Å²) in [6.45, 7) is 3.40. The van der Waals surface area contributed by atoms with E-state index in [4.69, 9.17) is 9.47 Å². The fraction of sp³-hybridized carbons (Fsp3) is 0.200. The van der Waals surface area contributed by atoms with Crippen molar-refractivity contribution in [1.29, 1.82) is 0 Å². The normalized spacial score (nSPS) is 10.3. The summed E-state index contributed by atoms with van der Waals surface area (Å²) in [5.41, 5.74) is -0.586. The van der Waals surface area contributed by atoms with E-state index in [9.17, 15) is 29.4 Å². The molecule has 29 heavy (non-hydrogen) atoms. The van der Waals surface area contributed by atoms with Crippen molar-refractivity contribution >= 4 is 35.6 Å². The zero-order chi connectivity index (χ0) is 21.6. The minimum atomic E-state index is -1.26. The first-order valence-electron chi connectivity index (χ1n) is 8.55. The van der Waals surface area contributed by atoms with E-state index in [2.05, 4.69) is 0 Å². The predicted octanol–water partition coefficient (Wildman–Crippen LogP) is 3.59. The second-order valence-corrected chi connectivity index (χ2v) is 6.72. The fourth-order valence-electron chi connectivity index (χ4n) is 2.44. The minimum Gasteiger partial charge on any atom is -0.478 e. The Balaban J connectivity index is 2.43. The van der Waals surface area contributed by atoms with Gasteiger partial charge in [0.05, 0.1) is 35.5 Å². The Bertz CT molecular complexity index is 889. The van der Waals surface area contributed by atoms with E-state index < -0.39 is 23.9 Å². The number of hydrogen-bond acceptors (Lipinski definition) is 7. The van der Waals surface area contributed by atoms with Crippen molar-refractivity contribution in [2.24, 2.45) is 0 Å². The maximum Gasteiger partial charge on any atom is 0.339 e. The number of carboxylic acids is 2. The topological polar surface area (TPSA) is 127 Å². The van der Waals surface area contributed by atoms with E-state index in [1.54, 1.807) is 13.8 Å². The Hall–Kier alpha value is -3.33. The van der Waals surface area contributed by atoms with Crippen LogP contribution in [0.1, 0.15) is 55.3 Å². The first kappa shape index (κ1) is 22.0. The summed E-state index contributed by atoms with van der Waals surface area (Å²) in [5.74, 6) is -4.05. The van der Waals surface area contributed by atoms with Gasteiger partial charge in [0.25, 0.3) is 0 Å². The zero-order valence-electron chi connectivity index (χ0n) is 15.6. The number of carboxylic acid groups (broad SMARTS) is 2. The van der Waals surface area contributed by atoms with Crippen molar-refractivity contribution < 1.29 is 38.9 Å². The van der Waals surface area contributed by atoms with Crippen LogP contribution in [0.2, 0.25) is 0 Å². The van der Waals surface area contributed by atoms with Gasteiger partial charge in [0.2, 0.25) is 0 Å². The standard InChI is InChI=1S/C20H18O8S/c1-3-27-19(25)15-9-11(5-7-13(15)17(21)22)29-12-6-8-14(18(23)24)16(10-12)20(26)28-4-2/h5-10H,3-4H2,1-2H3,(H,21,22)(H,23,24). The van der Waals surface area contributed by atoms with Gasteiger partial charge in [-0.15, -0.1) is 0 Å². The molecule has 2 rings (SSSR count). The molecule has 0 aliphatic heterocycles. The van der Waals surface area contributed by atoms with Crippen LogP contribution in [-0.4, -0.2) is 47.3 Å². The molecule has 2 aromatic carbocycles. The highest BCUT2D eigenvalue weighted by molar-refractivity contribution is 7.99. The van der Waals surface area contributed by atoms with Crippen molar-refractivity contribution in [3.05, 3.63) is 58.7 Å². The molecule has 0 unspecified atom stereocenters. The molecule has 2 aromatic rings. The lowest BCUT2D eigenvalue weighted by Crippen LogP contribution is -2.12. The van der Waals surface area contributed by atoms with Crippen molar-refractivity contribution in [2.45, 2.75) is 23.6 Å². The third-order valence-corrected chi connectivity index (χ3v) is 4.65. The van der Waals surface area contributed by atoms with Gasteiger partial charge in [-0.1, -0.05) is 11.8 Å². The Morgan fingerprint density at radius 1 is 0.724 bits per heavy atom. The lowest BCUT2D eigenvalue weighted by molar-refractivity contribution is 0.0509. The number of carbonyl (C=O) groups is 4. The molecule has 0 aliphatic rings. The van der Waals surface area contributed by atoms with E-state index in [1.807, 2.05) is 0 Å². The Morgan fingerprint density at radius 2 is 1.10 bits per heavy atom. The molecule has 0 aliphatic carbocycles. The lowest BCUT2D eigenvalue weighted by Gasteiger charge is -2.10. The van der Waals surface area contributed by atoms with Gasteiger partial charge in [-0.05, 0) is 50.2 Å². The van der Waals surface area contributed by atoms with E-state index in [0.29, 0.717) is 9.79 Å². The summed E-state index contributed by atoms with van der Waals surface area (Å²) in [4.78, 5) is 47.9. The Morgan fingerprint density at radius 3 is 1.41 bits per heavy atom. The molecule has 0 atom stereocenters. The third kappa shape index (κ3) is 5.35. The first-order chi connectivity index (χ1) is 13.8. The van der Waals surface area contributed by atoms with Gasteiger partial charge in [0, 0.05) is 9.79 Å². The van der Waals surface area contributed by atoms with Crippen LogP contribution in [0.4, 0.5) is 0 Å². The second-order valence-electron chi connectivity index (χ2n) is 5.57. The average Bonchev–Trinajstić information content (AvgIpc) is 2.67. The Kier molecular flexibility index (Phi) is 7.38. The molecule has 0 spiro atoms. The Labute approximate surface area is 170 Å². The van der Waals surface area contributed by atoms with Crippen LogP contribution in [0.5, 0.6) is 0 Å². The van der Waals surface area contributed by atoms with Crippen molar-refractivity contribution in [2.75, 3.05) is 13.2 Å². The molecule has 0 amide bonds. The number of esters is 2. The van der Waals surface area contributed by atoms with Gasteiger partial charge < -0.3 is 19.7 Å². The SMILES string of the molecule is CCOC(=O)c1cc(Sc2ccc(C(=O)O)c(C(=O)OCC)c2)ccc1C(=O)O. The molecule has 0 fully saturated rings. The van der Waals surface area contributed by atoms with Gasteiger partial charge in [0.15, 0.2) is 0 Å².